The van der Waals surface area contributed by atoms with Crippen molar-refractivity contribution in [3.05, 3.63) is 135 Å². The molecule has 2 fully saturated rings. The molecule has 4 aromatic carbocycles. The number of ketones is 4. The Balaban J connectivity index is 0.000000404. The van der Waals surface area contributed by atoms with Crippen molar-refractivity contribution in [3.8, 4) is 17.6 Å². The molecule has 2 saturated carbocycles. The molecule has 0 radical (unpaired) electrons. The van der Waals surface area contributed by atoms with Crippen molar-refractivity contribution in [2.24, 2.45) is 40.4 Å². The second-order valence-corrected chi connectivity index (χ2v) is 41.0. The summed E-state index contributed by atoms with van der Waals surface area (Å²) in [6.07, 6.45) is 16.5. The second kappa shape index (κ2) is 55.9. The molecule has 31 nitrogen and oxygen atoms in total. The van der Waals surface area contributed by atoms with Gasteiger partial charge < -0.3 is 68.6 Å². The molecule has 1 aliphatic heterocycles. The summed E-state index contributed by atoms with van der Waals surface area (Å²) in [6, 6.07) is 26.3. The van der Waals surface area contributed by atoms with Crippen LogP contribution in [0.2, 0.25) is 0 Å². The fraction of sp³-hybridized carbons (Fsp3) is 0.645. The van der Waals surface area contributed by atoms with Gasteiger partial charge in [-0.05, 0) is 195 Å². The second-order valence-electron chi connectivity index (χ2n) is 39.4. The highest BCUT2D eigenvalue weighted by atomic mass is 32.2. The number of para-hydroxylation sites is 1. The number of Topliss-reactive ketones (excluding diaryl/α,β-unsaturated/α-hetero) is 4. The van der Waals surface area contributed by atoms with Crippen LogP contribution in [0.25, 0.3) is 0 Å². The Kier molecular flexibility index (Phi) is 44.9. The lowest BCUT2D eigenvalue weighted by Gasteiger charge is -2.56. The normalized spacial score (nSPS) is 20.9. The molecule has 6 amide bonds. The first kappa shape index (κ1) is 112. The van der Waals surface area contributed by atoms with Gasteiger partial charge in [-0.3, -0.25) is 57.8 Å². The number of aryl methyl sites for hydroxylation is 2. The van der Waals surface area contributed by atoms with Crippen LogP contribution in [0, 0.1) is 52.3 Å². The van der Waals surface area contributed by atoms with Gasteiger partial charge in [-0.15, -0.1) is 5.10 Å². The van der Waals surface area contributed by atoms with Gasteiger partial charge in [0.1, 0.15) is 41.5 Å². The van der Waals surface area contributed by atoms with Crippen molar-refractivity contribution in [1.82, 2.24) is 30.9 Å². The van der Waals surface area contributed by atoms with Crippen LogP contribution in [-0.2, 0) is 144 Å². The van der Waals surface area contributed by atoms with Crippen molar-refractivity contribution in [2.45, 2.75) is 278 Å². The Morgan fingerprint density at radius 2 is 1.09 bits per heavy atom. The zero-order chi connectivity index (χ0) is 100.0. The van der Waals surface area contributed by atoms with E-state index in [9.17, 15) is 61.5 Å². The van der Waals surface area contributed by atoms with E-state index < -0.39 is 50.0 Å². The molecule has 6 aliphatic rings. The number of rotatable bonds is 57. The highest BCUT2D eigenvalue weighted by Crippen LogP contribution is 2.60. The molecule has 6 N–H and O–H groups in total. The van der Waals surface area contributed by atoms with Crippen LogP contribution in [0.4, 0.5) is 11.4 Å². The molecule has 5 aromatic rings. The first-order valence-electron chi connectivity index (χ1n) is 50.6. The number of benzene rings is 4. The van der Waals surface area contributed by atoms with Crippen LogP contribution in [0.5, 0.6) is 5.75 Å². The zero-order valence-electron chi connectivity index (χ0n) is 83.4. The summed E-state index contributed by atoms with van der Waals surface area (Å²) >= 11 is 0. The van der Waals surface area contributed by atoms with Gasteiger partial charge in [0.15, 0.2) is 5.78 Å². The van der Waals surface area contributed by atoms with E-state index in [1.807, 2.05) is 119 Å². The lowest BCUT2D eigenvalue weighted by Crippen LogP contribution is -2.60. The van der Waals surface area contributed by atoms with Crippen LogP contribution in [0.1, 0.15) is 279 Å². The van der Waals surface area contributed by atoms with E-state index in [0.717, 1.165) is 122 Å². The molecule has 2 heterocycles. The minimum atomic E-state index is -4.06. The highest BCUT2D eigenvalue weighted by molar-refractivity contribution is 7.85. The fourth-order valence-corrected chi connectivity index (χ4v) is 21.3. The minimum absolute atomic E-state index is 0.0158. The van der Waals surface area contributed by atoms with Crippen molar-refractivity contribution in [3.63, 3.8) is 0 Å². The molecule has 1 aromatic heterocycles. The number of phenols is 1. The molecule has 1 unspecified atom stereocenters. The number of imide groups is 1. The summed E-state index contributed by atoms with van der Waals surface area (Å²) in [4.78, 5) is 134. The molecule has 0 bridgehead atoms. The molecule has 32 heteroatoms. The number of hydrogen-bond acceptors (Lipinski definition) is 24. The van der Waals surface area contributed by atoms with Crippen LogP contribution < -0.4 is 26.2 Å². The first-order valence-corrected chi connectivity index (χ1v) is 52.2. The number of amides is 6. The maximum atomic E-state index is 14.8. The number of anilines is 2. The summed E-state index contributed by atoms with van der Waals surface area (Å²) in [6.45, 7) is 25.3. The van der Waals surface area contributed by atoms with Crippen molar-refractivity contribution < 1.29 is 109 Å². The van der Waals surface area contributed by atoms with E-state index in [1.54, 1.807) is 17.9 Å². The lowest BCUT2D eigenvalue weighted by atomic mass is 9.49. The van der Waals surface area contributed by atoms with Gasteiger partial charge in [-0.2, -0.15) is 8.42 Å². The van der Waals surface area contributed by atoms with Gasteiger partial charge in [0.05, 0.1) is 146 Å². The van der Waals surface area contributed by atoms with E-state index in [1.165, 1.54) is 11.1 Å². The van der Waals surface area contributed by atoms with Gasteiger partial charge >= 0.3 is 0 Å². The van der Waals surface area contributed by atoms with Crippen molar-refractivity contribution in [2.75, 3.05) is 135 Å². The number of phenolic OH excluding ortho intramolecular Hbond substituents is 1. The van der Waals surface area contributed by atoms with E-state index in [2.05, 4.69) is 63.3 Å². The maximum absolute atomic E-state index is 14.8. The van der Waals surface area contributed by atoms with E-state index in [4.69, 9.17) is 47.2 Å². The predicted molar refractivity (Wildman–Crippen MR) is 526 cm³/mol. The third-order valence-corrected chi connectivity index (χ3v) is 29.6. The summed E-state index contributed by atoms with van der Waals surface area (Å²) < 4.78 is 82.4. The van der Waals surface area contributed by atoms with Crippen LogP contribution in [-0.4, -0.2) is 222 Å². The third kappa shape index (κ3) is 33.4. The number of fused-ring (bicyclic) bond motifs is 9. The Hall–Kier alpha value is -9.37. The number of ether oxygens (including phenoxy) is 9. The molecular formula is C107H152N8O23S. The molecule has 139 heavy (non-hydrogen) atoms. The monoisotopic (exact) mass is 1950 g/mol. The molecule has 11 rings (SSSR count). The Bertz CT molecular complexity index is 5090. The number of hydrogen-bond donors (Lipinski definition) is 6. The topological polar surface area (TPSA) is 410 Å². The molecule has 764 valence electrons. The number of nitrogens with zero attached hydrogens (tertiary/aromatic N) is 4. The SMILES string of the molecule is CC(C)[C@H](NC(=O)[C@H](C)CCCCNC(=O)COC1CCCCCc2c1nnn2CCOCCOCCOCCOCCC(=O)CCCS(=O)(=O)O)C(=O)C[C@@H](C)C(=O)Nc1ccc2c(c1)[C@@]1(C)CCC[C@](C)(C(=O)NC(=O)[C@@]3(C)CCC[C@]4(C)c5cc(O)ccc5CC[C@@H]34)[C@@H]1CC2.CCC(=O)CCOCCOCCOCCOCCCC(=O)CCC(=O)N1Cc2ccccc2C#Cc2ccccc21. The lowest BCUT2D eigenvalue weighted by molar-refractivity contribution is -0.150. The number of carbonyl (C=O) groups is 10. The number of aromatic hydroxyl groups is 1. The van der Waals surface area contributed by atoms with Gasteiger partial charge in [0.2, 0.25) is 35.4 Å². The Morgan fingerprint density at radius 1 is 0.540 bits per heavy atom. The quantitative estimate of drug-likeness (QED) is 0.00911. The van der Waals surface area contributed by atoms with Gasteiger partial charge in [0, 0.05) is 93.2 Å². The van der Waals surface area contributed by atoms with Gasteiger partial charge in [0.25, 0.3) is 10.1 Å². The zero-order valence-corrected chi connectivity index (χ0v) is 84.3. The third-order valence-electron chi connectivity index (χ3n) is 28.8. The molecule has 0 spiro atoms. The highest BCUT2D eigenvalue weighted by Gasteiger charge is 2.59. The number of unbranched alkanes of at least 4 members (excludes halogenated alkanes) is 1. The average molecular weight is 1950 g/mol. The average Bonchev–Trinajstić information content (AvgIpc) is 0.992. The molecule has 10 atom stereocenters. The van der Waals surface area contributed by atoms with Crippen molar-refractivity contribution >= 4 is 80.1 Å². The van der Waals surface area contributed by atoms with Gasteiger partial charge in [-0.25, -0.2) is 4.68 Å². The van der Waals surface area contributed by atoms with E-state index in [-0.39, 0.29) is 145 Å². The predicted octanol–water partition coefficient (Wildman–Crippen LogP) is 14.0. The molecule has 0 saturated heterocycles. The van der Waals surface area contributed by atoms with Crippen LogP contribution >= 0.6 is 0 Å². The van der Waals surface area contributed by atoms with Gasteiger partial charge in [-0.1, -0.05) is 154 Å². The summed E-state index contributed by atoms with van der Waals surface area (Å²) in [5, 5.41) is 31.5. The van der Waals surface area contributed by atoms with Crippen LogP contribution in [0.3, 0.4) is 0 Å². The number of nitrogens with one attached hydrogen (secondary N) is 4. The summed E-state index contributed by atoms with van der Waals surface area (Å²) in [5.74, 6) is 3.46. The summed E-state index contributed by atoms with van der Waals surface area (Å²) in [5.41, 5.74) is 8.18. The largest absolute Gasteiger partial charge is 0.508 e. The van der Waals surface area contributed by atoms with Crippen molar-refractivity contribution in [1.29, 1.82) is 0 Å². The fourth-order valence-electron chi connectivity index (χ4n) is 20.8. The number of carbonyl (C=O) groups excluding carboxylic acids is 10. The summed E-state index contributed by atoms with van der Waals surface area (Å²) in [7, 11) is -4.06. The first-order chi connectivity index (χ1) is 66.7. The Morgan fingerprint density at radius 3 is 1.71 bits per heavy atom. The standard InChI is InChI=1S/C74H111N7O16S.C33H41NO7/c1-49(2)65(77-67(86)50(3)17-12-13-34-75-64(85)48-97-61-20-11-9-10-19-59-66(61)79-80-81(59)35-37-94-39-41-96-43-42-95-40-38-93-36-29-55(82)18-14-44-98(90,91)92)60(84)45-51(4)68(87)76-54-25-21-52-23-27-62-71(5,57(52)46-54)30-15-32-73(62,7)69(88)78-70(89)74(8)33-16-31-72(6)58-47-56(83)26-22-53(58)24-28-63(72)74;1-2-30(35)17-19-39-21-23-41-25-24-40-22-20-38-18-7-11-31(36)15-16-33(37)34-26-29-10-4-3-8-27(29)13-14-28-9-5-6-12-32(28)34/h21-22,25-26,46-47,49-51,61-63,65,83H,9-20,23-24,27-45,48H2,1-8H3,(H,75,85)(H,76,87)(H,77,86)(H,78,88,89)(H,90,91,92);3-6,8-10,12H,2,7,11,15-26H2,1H3/t50-,51-,61?,62-,63-,65+,71-,72-,73+,74+;/m1./s1. The Labute approximate surface area is 821 Å². The maximum Gasteiger partial charge on any atom is 0.264 e. The minimum Gasteiger partial charge on any atom is -0.508 e. The van der Waals surface area contributed by atoms with E-state index in [0.29, 0.717) is 189 Å². The smallest absolute Gasteiger partial charge is 0.264 e. The number of aromatic nitrogens is 3. The van der Waals surface area contributed by atoms with E-state index >= 15 is 0 Å². The molecule has 5 aliphatic carbocycles. The van der Waals surface area contributed by atoms with Crippen LogP contribution in [0.15, 0.2) is 84.9 Å². The molecular weight excluding hydrogens is 1800 g/mol.